The lowest BCUT2D eigenvalue weighted by Gasteiger charge is -2.39. The Kier molecular flexibility index (Phi) is 4.57. The average Bonchev–Trinajstić information content (AvgIpc) is 2.44. The van der Waals surface area contributed by atoms with Crippen molar-refractivity contribution < 1.29 is 14.0 Å². The van der Waals surface area contributed by atoms with E-state index < -0.39 is 23.9 Å². The molecule has 114 valence electrons. The zero-order valence-electron chi connectivity index (χ0n) is 12.3. The number of hydrogen-bond acceptors (Lipinski definition) is 3. The molecule has 2 N–H and O–H groups in total. The molecule has 0 bridgehead atoms. The lowest BCUT2D eigenvalue weighted by molar-refractivity contribution is -0.158. The van der Waals surface area contributed by atoms with Gasteiger partial charge in [-0.25, -0.2) is 4.39 Å². The maximum absolute atomic E-state index is 13.4. The molecular formula is C15H20FN3O2. The minimum Gasteiger partial charge on any atom is -0.333 e. The fourth-order valence-electron chi connectivity index (χ4n) is 2.71. The number of halogens is 1. The van der Waals surface area contributed by atoms with Gasteiger partial charge in [0, 0.05) is 25.7 Å². The Bertz CT molecular complexity index is 547. The summed E-state index contributed by atoms with van der Waals surface area (Å²) >= 11 is 0. The normalized spacial score (nSPS) is 18.9. The average molecular weight is 293 g/mol. The molecule has 1 aliphatic heterocycles. The van der Waals surface area contributed by atoms with Crippen LogP contribution in [0.25, 0.3) is 0 Å². The smallest absolute Gasteiger partial charge is 0.312 e. The van der Waals surface area contributed by atoms with E-state index in [9.17, 15) is 14.0 Å². The molecule has 1 fully saturated rings. The minimum atomic E-state index is -0.574. The second-order valence-electron chi connectivity index (χ2n) is 5.24. The van der Waals surface area contributed by atoms with Crippen molar-refractivity contribution >= 4 is 11.8 Å². The van der Waals surface area contributed by atoms with Crippen LogP contribution in [0.4, 0.5) is 4.39 Å². The first-order valence-electron chi connectivity index (χ1n) is 7.06. The quantitative estimate of drug-likeness (QED) is 0.839. The lowest BCUT2D eigenvalue weighted by Crippen LogP contribution is -2.57. The predicted molar refractivity (Wildman–Crippen MR) is 76.8 cm³/mol. The van der Waals surface area contributed by atoms with Crippen LogP contribution in [0, 0.1) is 5.82 Å². The summed E-state index contributed by atoms with van der Waals surface area (Å²) in [5.41, 5.74) is 6.59. The van der Waals surface area contributed by atoms with Crippen molar-refractivity contribution in [3.63, 3.8) is 0 Å². The summed E-state index contributed by atoms with van der Waals surface area (Å²) in [7, 11) is 0. The van der Waals surface area contributed by atoms with E-state index >= 15 is 0 Å². The van der Waals surface area contributed by atoms with E-state index in [1.165, 1.54) is 21.9 Å². The molecule has 0 spiro atoms. The summed E-state index contributed by atoms with van der Waals surface area (Å²) < 4.78 is 13.4. The van der Waals surface area contributed by atoms with Gasteiger partial charge in [-0.2, -0.15) is 0 Å². The van der Waals surface area contributed by atoms with Crippen molar-refractivity contribution in [2.24, 2.45) is 5.73 Å². The van der Waals surface area contributed by atoms with Crippen molar-refractivity contribution in [3.8, 4) is 0 Å². The summed E-state index contributed by atoms with van der Waals surface area (Å²) in [6, 6.07) is 5.09. The van der Waals surface area contributed by atoms with Gasteiger partial charge in [0.05, 0.1) is 6.04 Å². The lowest BCUT2D eigenvalue weighted by atomic mass is 9.98. The summed E-state index contributed by atoms with van der Waals surface area (Å²) in [4.78, 5) is 27.3. The highest BCUT2D eigenvalue weighted by molar-refractivity contribution is 6.35. The molecule has 2 amide bonds. The maximum atomic E-state index is 13.4. The van der Waals surface area contributed by atoms with E-state index in [0.717, 1.165) is 0 Å². The van der Waals surface area contributed by atoms with E-state index in [2.05, 4.69) is 0 Å². The Morgan fingerprint density at radius 1 is 1.29 bits per heavy atom. The van der Waals surface area contributed by atoms with Crippen molar-refractivity contribution in [1.29, 1.82) is 0 Å². The Morgan fingerprint density at radius 3 is 2.57 bits per heavy atom. The van der Waals surface area contributed by atoms with Crippen molar-refractivity contribution in [2.45, 2.75) is 25.9 Å². The second-order valence-corrected chi connectivity index (χ2v) is 5.24. The Labute approximate surface area is 123 Å². The molecule has 1 aromatic rings. The number of nitrogens with zero attached hydrogens (tertiary/aromatic N) is 2. The van der Waals surface area contributed by atoms with Gasteiger partial charge in [0.1, 0.15) is 5.82 Å². The van der Waals surface area contributed by atoms with Crippen LogP contribution in [-0.2, 0) is 9.59 Å². The molecule has 0 saturated carbocycles. The summed E-state index contributed by atoms with van der Waals surface area (Å²) in [5.74, 6) is -1.48. The molecule has 2 rings (SSSR count). The van der Waals surface area contributed by atoms with Crippen LogP contribution in [-0.4, -0.2) is 47.3 Å². The number of benzene rings is 1. The van der Waals surface area contributed by atoms with Crippen LogP contribution >= 0.6 is 0 Å². The summed E-state index contributed by atoms with van der Waals surface area (Å²) in [6.45, 7) is 4.96. The summed E-state index contributed by atoms with van der Waals surface area (Å²) in [5, 5.41) is 0. The highest BCUT2D eigenvalue weighted by Gasteiger charge is 2.37. The zero-order valence-corrected chi connectivity index (χ0v) is 12.3. The fourth-order valence-corrected chi connectivity index (χ4v) is 2.71. The van der Waals surface area contributed by atoms with Gasteiger partial charge in [0.2, 0.25) is 0 Å². The highest BCUT2D eigenvalue weighted by Crippen LogP contribution is 2.26. The van der Waals surface area contributed by atoms with Gasteiger partial charge in [-0.05, 0) is 31.5 Å². The Balaban J connectivity index is 2.31. The van der Waals surface area contributed by atoms with Crippen LogP contribution in [0.2, 0.25) is 0 Å². The number of amides is 2. The third-order valence-corrected chi connectivity index (χ3v) is 3.75. The van der Waals surface area contributed by atoms with E-state index in [-0.39, 0.29) is 5.82 Å². The third kappa shape index (κ3) is 3.05. The first kappa shape index (κ1) is 15.4. The SMILES string of the molecule is CCN1CCN(C(c2cccc(F)c2)C(C)N)C(=O)C1=O. The van der Waals surface area contributed by atoms with E-state index in [0.29, 0.717) is 25.2 Å². The summed E-state index contributed by atoms with van der Waals surface area (Å²) in [6.07, 6.45) is 0. The number of hydrogen-bond donors (Lipinski definition) is 1. The largest absolute Gasteiger partial charge is 0.333 e. The number of nitrogens with two attached hydrogens (primary N) is 1. The van der Waals surface area contributed by atoms with Crippen LogP contribution in [0.1, 0.15) is 25.5 Å². The molecular weight excluding hydrogens is 273 g/mol. The monoisotopic (exact) mass is 293 g/mol. The van der Waals surface area contributed by atoms with Gasteiger partial charge in [-0.3, -0.25) is 9.59 Å². The highest BCUT2D eigenvalue weighted by atomic mass is 19.1. The molecule has 0 radical (unpaired) electrons. The van der Waals surface area contributed by atoms with Crippen molar-refractivity contribution in [2.75, 3.05) is 19.6 Å². The topological polar surface area (TPSA) is 66.6 Å². The van der Waals surface area contributed by atoms with Gasteiger partial charge in [-0.1, -0.05) is 12.1 Å². The van der Waals surface area contributed by atoms with Gasteiger partial charge < -0.3 is 15.5 Å². The molecule has 1 saturated heterocycles. The predicted octanol–water partition coefficient (Wildman–Crippen LogP) is 0.905. The van der Waals surface area contributed by atoms with Gasteiger partial charge in [0.25, 0.3) is 0 Å². The molecule has 0 aliphatic carbocycles. The number of piperazine rings is 1. The number of likely N-dealkylation sites (N-methyl/N-ethyl adjacent to an activating group) is 1. The first-order chi connectivity index (χ1) is 9.95. The van der Waals surface area contributed by atoms with E-state index in [1.54, 1.807) is 19.1 Å². The van der Waals surface area contributed by atoms with Crippen molar-refractivity contribution in [3.05, 3.63) is 35.6 Å². The van der Waals surface area contributed by atoms with Gasteiger partial charge in [-0.15, -0.1) is 0 Å². The van der Waals surface area contributed by atoms with Crippen LogP contribution in [0.5, 0.6) is 0 Å². The van der Waals surface area contributed by atoms with Gasteiger partial charge >= 0.3 is 11.8 Å². The Hall–Kier alpha value is -1.95. The molecule has 1 heterocycles. The first-order valence-corrected chi connectivity index (χ1v) is 7.06. The van der Waals surface area contributed by atoms with Crippen molar-refractivity contribution in [1.82, 2.24) is 9.80 Å². The van der Waals surface area contributed by atoms with Crippen LogP contribution in [0.3, 0.4) is 0 Å². The minimum absolute atomic E-state index is 0.385. The Morgan fingerprint density at radius 2 is 2.00 bits per heavy atom. The molecule has 21 heavy (non-hydrogen) atoms. The molecule has 5 nitrogen and oxygen atoms in total. The van der Waals surface area contributed by atoms with Gasteiger partial charge in [0.15, 0.2) is 0 Å². The number of carbonyl (C=O) groups excluding carboxylic acids is 2. The molecule has 6 heteroatoms. The van der Waals surface area contributed by atoms with Crippen LogP contribution in [0.15, 0.2) is 24.3 Å². The zero-order chi connectivity index (χ0) is 15.6. The number of rotatable bonds is 4. The standard InChI is InChI=1S/C15H20FN3O2/c1-3-18-7-8-19(15(21)14(18)20)13(10(2)17)11-5-4-6-12(16)9-11/h4-6,9-10,13H,3,7-8,17H2,1-2H3. The van der Waals surface area contributed by atoms with Crippen LogP contribution < -0.4 is 5.73 Å². The number of carbonyl (C=O) groups is 2. The maximum Gasteiger partial charge on any atom is 0.312 e. The third-order valence-electron chi connectivity index (χ3n) is 3.75. The second kappa shape index (κ2) is 6.22. The molecule has 2 unspecified atom stereocenters. The molecule has 2 atom stereocenters. The molecule has 1 aliphatic rings. The fraction of sp³-hybridized carbons (Fsp3) is 0.467. The van der Waals surface area contributed by atoms with E-state index in [1.807, 2.05) is 6.92 Å². The molecule has 0 aromatic heterocycles. The van der Waals surface area contributed by atoms with E-state index in [4.69, 9.17) is 5.73 Å². The molecule has 1 aromatic carbocycles.